The van der Waals surface area contributed by atoms with Crippen molar-refractivity contribution >= 4 is 0 Å². The third-order valence-corrected chi connectivity index (χ3v) is 9.17. The Bertz CT molecular complexity index is 1850. The second kappa shape index (κ2) is 11.7. The highest BCUT2D eigenvalue weighted by atomic mass is 16.3. The Balaban J connectivity index is 1.56. The highest BCUT2D eigenvalue weighted by Crippen LogP contribution is 2.57. The van der Waals surface area contributed by atoms with Crippen LogP contribution in [-0.4, -0.2) is 20.4 Å². The average molecular weight is 591 g/mol. The van der Waals surface area contributed by atoms with Gasteiger partial charge in [-0.2, -0.15) is 0 Å². The minimum atomic E-state index is -0.862. The van der Waals surface area contributed by atoms with Gasteiger partial charge in [-0.1, -0.05) is 121 Å². The summed E-state index contributed by atoms with van der Waals surface area (Å²) in [5, 5.41) is 43.8. The Morgan fingerprint density at radius 1 is 0.422 bits per heavy atom. The summed E-state index contributed by atoms with van der Waals surface area (Å²) < 4.78 is 0. The molecular weight excluding hydrogens is 556 g/mol. The number of benzene rings is 6. The van der Waals surface area contributed by atoms with Crippen molar-refractivity contribution in [2.45, 2.75) is 31.5 Å². The Morgan fingerprint density at radius 3 is 1.18 bits per heavy atom. The van der Waals surface area contributed by atoms with Gasteiger partial charge in [-0.15, -0.1) is 0 Å². The van der Waals surface area contributed by atoms with Crippen LogP contribution in [0, 0.1) is 0 Å². The minimum Gasteiger partial charge on any atom is -0.507 e. The van der Waals surface area contributed by atoms with Gasteiger partial charge >= 0.3 is 0 Å². The first-order valence-electron chi connectivity index (χ1n) is 15.2. The fourth-order valence-corrected chi connectivity index (χ4v) is 7.12. The van der Waals surface area contributed by atoms with E-state index in [1.165, 1.54) is 0 Å². The minimum absolute atomic E-state index is 0.0892. The molecule has 0 unspecified atom stereocenters. The maximum atomic E-state index is 11.4. The molecule has 0 saturated heterocycles. The number of rotatable bonds is 8. The highest BCUT2D eigenvalue weighted by molar-refractivity contribution is 5.86. The van der Waals surface area contributed by atoms with E-state index < -0.39 is 5.41 Å². The van der Waals surface area contributed by atoms with Crippen LogP contribution >= 0.6 is 0 Å². The number of phenols is 2. The van der Waals surface area contributed by atoms with E-state index >= 15 is 0 Å². The normalized spacial score (nSPS) is 12.9. The fraction of sp³-hybridized carbons (Fsp3) is 0.122. The number of aliphatic hydroxyl groups excluding tert-OH is 2. The third-order valence-electron chi connectivity index (χ3n) is 9.17. The molecule has 0 amide bonds. The lowest BCUT2D eigenvalue weighted by atomic mass is 9.66. The third kappa shape index (κ3) is 4.80. The van der Waals surface area contributed by atoms with Crippen molar-refractivity contribution in [2.75, 3.05) is 0 Å². The highest BCUT2D eigenvalue weighted by Gasteiger charge is 2.47. The maximum absolute atomic E-state index is 11.4. The van der Waals surface area contributed by atoms with Crippen LogP contribution in [0.2, 0.25) is 0 Å². The van der Waals surface area contributed by atoms with E-state index in [9.17, 15) is 20.4 Å². The van der Waals surface area contributed by atoms with Gasteiger partial charge in [-0.05, 0) is 67.8 Å². The van der Waals surface area contributed by atoms with Crippen molar-refractivity contribution in [3.8, 4) is 22.6 Å². The molecule has 4 nitrogen and oxygen atoms in total. The summed E-state index contributed by atoms with van der Waals surface area (Å²) in [6, 6.07) is 44.6. The summed E-state index contributed by atoms with van der Waals surface area (Å²) in [4.78, 5) is 0. The molecule has 0 atom stereocenters. The van der Waals surface area contributed by atoms with E-state index in [1.54, 1.807) is 0 Å². The molecular formula is C41H34O4. The van der Waals surface area contributed by atoms with E-state index in [0.29, 0.717) is 24.0 Å². The summed E-state index contributed by atoms with van der Waals surface area (Å²) in [6.07, 6.45) is 0.979. The lowest BCUT2D eigenvalue weighted by molar-refractivity contribution is 0.275. The van der Waals surface area contributed by atoms with Crippen molar-refractivity contribution in [3.05, 3.63) is 189 Å². The number of aromatic hydroxyl groups is 2. The molecule has 0 saturated carbocycles. The summed E-state index contributed by atoms with van der Waals surface area (Å²) in [5.41, 5.74) is 9.68. The van der Waals surface area contributed by atoms with E-state index in [2.05, 4.69) is 36.4 Å². The molecule has 0 radical (unpaired) electrons. The first kappa shape index (κ1) is 28.6. The molecule has 0 spiro atoms. The molecule has 222 valence electrons. The largest absolute Gasteiger partial charge is 0.507 e. The molecule has 0 bridgehead atoms. The number of hydrogen-bond acceptors (Lipinski definition) is 4. The molecule has 0 aliphatic heterocycles. The second-order valence-electron chi connectivity index (χ2n) is 11.8. The zero-order chi connectivity index (χ0) is 31.0. The summed E-state index contributed by atoms with van der Waals surface area (Å²) in [7, 11) is 0. The zero-order valence-corrected chi connectivity index (χ0v) is 24.8. The number of aliphatic hydroxyl groups is 2. The first-order valence-corrected chi connectivity index (χ1v) is 15.2. The van der Waals surface area contributed by atoms with Crippen LogP contribution in [-0.2, 0) is 31.5 Å². The van der Waals surface area contributed by atoms with Crippen LogP contribution in [0.3, 0.4) is 0 Å². The van der Waals surface area contributed by atoms with Gasteiger partial charge in [0, 0.05) is 24.0 Å². The monoisotopic (exact) mass is 590 g/mol. The molecule has 4 N–H and O–H groups in total. The lowest BCUT2D eigenvalue weighted by Crippen LogP contribution is -2.29. The van der Waals surface area contributed by atoms with Crippen LogP contribution in [0.4, 0.5) is 0 Å². The van der Waals surface area contributed by atoms with Gasteiger partial charge in [-0.25, -0.2) is 0 Å². The molecule has 1 aliphatic carbocycles. The van der Waals surface area contributed by atoms with Gasteiger partial charge in [0.15, 0.2) is 0 Å². The molecule has 6 aromatic carbocycles. The van der Waals surface area contributed by atoms with Crippen LogP contribution < -0.4 is 0 Å². The van der Waals surface area contributed by atoms with E-state index in [-0.39, 0.29) is 24.7 Å². The Hall–Kier alpha value is -5.16. The summed E-state index contributed by atoms with van der Waals surface area (Å²) >= 11 is 0. The molecule has 0 fully saturated rings. The molecule has 0 aromatic heterocycles. The molecule has 1 aliphatic rings. The van der Waals surface area contributed by atoms with Crippen LogP contribution in [0.15, 0.2) is 133 Å². The van der Waals surface area contributed by atoms with Gasteiger partial charge < -0.3 is 20.4 Å². The van der Waals surface area contributed by atoms with Crippen LogP contribution in [0.5, 0.6) is 11.5 Å². The van der Waals surface area contributed by atoms with Crippen molar-refractivity contribution in [2.24, 2.45) is 0 Å². The second-order valence-corrected chi connectivity index (χ2v) is 11.8. The zero-order valence-electron chi connectivity index (χ0n) is 24.8. The summed E-state index contributed by atoms with van der Waals surface area (Å²) in [6.45, 7) is -0.644. The quantitative estimate of drug-likeness (QED) is 0.147. The molecule has 0 heterocycles. The average Bonchev–Trinajstić information content (AvgIpc) is 3.39. The van der Waals surface area contributed by atoms with E-state index in [0.717, 1.165) is 55.6 Å². The standard InChI is InChI=1S/C41H34O4/c42-25-31-23-33(21-29(39(31)44)19-27-11-3-1-4-12-27)41(37-17-9-7-15-35(37)36-16-8-10-18-38(36)41)34-22-30(40(45)32(24-34)26-43)20-28-13-5-2-6-14-28/h1-18,21-24,42-45H,19-20,25-26H2. The SMILES string of the molecule is OCc1cc(C2(c3cc(CO)c(O)c(Cc4ccccc4)c3)c3ccccc3-c3ccccc32)cc(Cc2ccccc2)c1O. The Kier molecular flexibility index (Phi) is 7.46. The molecule has 4 heteroatoms. The molecule has 6 aromatic rings. The topological polar surface area (TPSA) is 80.9 Å². The van der Waals surface area contributed by atoms with Gasteiger partial charge in [0.05, 0.1) is 18.6 Å². The Morgan fingerprint density at radius 2 is 0.778 bits per heavy atom. The molecule has 7 rings (SSSR count). The smallest absolute Gasteiger partial charge is 0.124 e. The van der Waals surface area contributed by atoms with Crippen LogP contribution in [0.1, 0.15) is 55.6 Å². The van der Waals surface area contributed by atoms with Gasteiger partial charge in [0.2, 0.25) is 0 Å². The number of hydrogen-bond donors (Lipinski definition) is 4. The summed E-state index contributed by atoms with van der Waals surface area (Å²) in [5.74, 6) is 0.178. The Labute approximate surface area is 263 Å². The van der Waals surface area contributed by atoms with E-state index in [1.807, 2.05) is 97.1 Å². The van der Waals surface area contributed by atoms with Crippen molar-refractivity contribution < 1.29 is 20.4 Å². The predicted octanol–water partition coefficient (Wildman–Crippen LogP) is 7.63. The molecule has 45 heavy (non-hydrogen) atoms. The van der Waals surface area contributed by atoms with Crippen molar-refractivity contribution in [3.63, 3.8) is 0 Å². The van der Waals surface area contributed by atoms with E-state index in [4.69, 9.17) is 0 Å². The maximum Gasteiger partial charge on any atom is 0.124 e. The fourth-order valence-electron chi connectivity index (χ4n) is 7.12. The van der Waals surface area contributed by atoms with Crippen molar-refractivity contribution in [1.82, 2.24) is 0 Å². The first-order chi connectivity index (χ1) is 22.0. The lowest BCUT2D eigenvalue weighted by Gasteiger charge is -2.35. The predicted molar refractivity (Wildman–Crippen MR) is 177 cm³/mol. The van der Waals surface area contributed by atoms with Crippen LogP contribution in [0.25, 0.3) is 11.1 Å². The number of fused-ring (bicyclic) bond motifs is 3. The van der Waals surface area contributed by atoms with Gasteiger partial charge in [-0.3, -0.25) is 0 Å². The van der Waals surface area contributed by atoms with Gasteiger partial charge in [0.25, 0.3) is 0 Å². The van der Waals surface area contributed by atoms with Crippen molar-refractivity contribution in [1.29, 1.82) is 0 Å². The van der Waals surface area contributed by atoms with Gasteiger partial charge in [0.1, 0.15) is 11.5 Å².